The molecule has 0 spiro atoms. The molecular formula is C23H26N8OS. The Labute approximate surface area is 194 Å². The third-order valence-electron chi connectivity index (χ3n) is 5.09. The number of nitriles is 1. The van der Waals surface area contributed by atoms with E-state index in [0.29, 0.717) is 23.4 Å². The molecule has 33 heavy (non-hydrogen) atoms. The Morgan fingerprint density at radius 1 is 1.15 bits per heavy atom. The average molecular weight is 463 g/mol. The minimum atomic E-state index is -2.34. The highest BCUT2D eigenvalue weighted by molar-refractivity contribution is 7.92. The minimum Gasteiger partial charge on any atom is -0.324 e. The largest absolute Gasteiger partial charge is 0.324 e. The number of pyridine rings is 1. The highest BCUT2D eigenvalue weighted by atomic mass is 32.2. The van der Waals surface area contributed by atoms with Crippen LogP contribution in [0.25, 0.3) is 0 Å². The van der Waals surface area contributed by atoms with Crippen LogP contribution in [0.1, 0.15) is 23.1 Å². The van der Waals surface area contributed by atoms with Gasteiger partial charge in [-0.2, -0.15) is 14.6 Å². The number of aromatic nitrogens is 3. The lowest BCUT2D eigenvalue weighted by Crippen LogP contribution is -2.17. The third-order valence-corrected chi connectivity index (χ3v) is 5.72. The molecule has 0 saturated heterocycles. The molecule has 1 aliphatic heterocycles. The Kier molecular flexibility index (Phi) is 6.53. The maximum absolute atomic E-state index is 12.0. The summed E-state index contributed by atoms with van der Waals surface area (Å²) in [6, 6.07) is 13.6. The molecule has 3 aromatic rings. The summed E-state index contributed by atoms with van der Waals surface area (Å²) >= 11 is 0. The monoisotopic (exact) mass is 462 g/mol. The molecule has 4 rings (SSSR count). The summed E-state index contributed by atoms with van der Waals surface area (Å²) in [5.41, 5.74) is 3.83. The number of hydrogen-bond acceptors (Lipinski definition) is 9. The van der Waals surface area contributed by atoms with Gasteiger partial charge in [0.05, 0.1) is 6.20 Å². The van der Waals surface area contributed by atoms with Crippen LogP contribution in [0.2, 0.25) is 0 Å². The van der Waals surface area contributed by atoms with Crippen molar-refractivity contribution in [3.8, 4) is 6.07 Å². The smallest absolute Gasteiger partial charge is 0.229 e. The van der Waals surface area contributed by atoms with E-state index in [1.165, 1.54) is 17.3 Å². The van der Waals surface area contributed by atoms with E-state index in [0.717, 1.165) is 31.6 Å². The van der Waals surface area contributed by atoms with Crippen molar-refractivity contribution in [2.24, 2.45) is 4.36 Å². The van der Waals surface area contributed by atoms with Crippen molar-refractivity contribution >= 4 is 38.8 Å². The van der Waals surface area contributed by atoms with E-state index in [2.05, 4.69) is 60.1 Å². The zero-order chi connectivity index (χ0) is 23.4. The van der Waals surface area contributed by atoms with E-state index < -0.39 is 9.73 Å². The fourth-order valence-corrected chi connectivity index (χ4v) is 4.19. The standard InChI is InChI=1S/C23H26N8OS/c1-31-11-5-6-16-9-10-19(12-17(16)15-31)26-23-25-14-18(13-24)22(29-23)28-20-7-4-8-21(27-20)30-33(2,3)32/h4,7-10,12,14H,5-6,11,15H2,1-3H3,(H2,25,26,27,28,29). The molecule has 170 valence electrons. The first-order valence-corrected chi connectivity index (χ1v) is 12.9. The zero-order valence-electron chi connectivity index (χ0n) is 18.9. The number of rotatable bonds is 5. The van der Waals surface area contributed by atoms with Crippen LogP contribution in [0.3, 0.4) is 0 Å². The number of benzene rings is 1. The molecule has 10 heteroatoms. The summed E-state index contributed by atoms with van der Waals surface area (Å²) in [5.74, 6) is 1.47. The molecule has 0 amide bonds. The zero-order valence-corrected chi connectivity index (χ0v) is 19.7. The maximum Gasteiger partial charge on any atom is 0.229 e. The van der Waals surface area contributed by atoms with Gasteiger partial charge in [0.25, 0.3) is 0 Å². The fraction of sp³-hybridized carbons (Fsp3) is 0.304. The van der Waals surface area contributed by atoms with Gasteiger partial charge in [-0.05, 0) is 61.8 Å². The van der Waals surface area contributed by atoms with Crippen LogP contribution in [0.5, 0.6) is 0 Å². The van der Waals surface area contributed by atoms with E-state index in [-0.39, 0.29) is 5.56 Å². The lowest BCUT2D eigenvalue weighted by atomic mass is 10.0. The van der Waals surface area contributed by atoms with Crippen molar-refractivity contribution in [2.45, 2.75) is 19.4 Å². The lowest BCUT2D eigenvalue weighted by molar-refractivity contribution is 0.332. The second-order valence-corrected chi connectivity index (χ2v) is 10.8. The molecule has 1 aromatic carbocycles. The number of hydrogen-bond donors (Lipinski definition) is 2. The summed E-state index contributed by atoms with van der Waals surface area (Å²) in [6.45, 7) is 1.99. The predicted molar refractivity (Wildman–Crippen MR) is 131 cm³/mol. The number of nitrogens with one attached hydrogen (secondary N) is 2. The lowest BCUT2D eigenvalue weighted by Gasteiger charge is -2.15. The summed E-state index contributed by atoms with van der Waals surface area (Å²) < 4.78 is 16.1. The molecule has 0 aliphatic carbocycles. The van der Waals surface area contributed by atoms with Gasteiger partial charge in [-0.25, -0.2) is 14.2 Å². The molecule has 0 saturated carbocycles. The highest BCUT2D eigenvalue weighted by Crippen LogP contribution is 2.25. The predicted octanol–water partition coefficient (Wildman–Crippen LogP) is 3.97. The highest BCUT2D eigenvalue weighted by Gasteiger charge is 2.13. The number of anilines is 4. The molecule has 1 aliphatic rings. The number of aryl methyl sites for hydroxylation is 1. The Bertz CT molecular complexity index is 1330. The van der Waals surface area contributed by atoms with Gasteiger partial charge in [-0.1, -0.05) is 12.1 Å². The van der Waals surface area contributed by atoms with Crippen molar-refractivity contribution in [1.29, 1.82) is 5.26 Å². The van der Waals surface area contributed by atoms with Gasteiger partial charge >= 0.3 is 0 Å². The Morgan fingerprint density at radius 2 is 2.00 bits per heavy atom. The van der Waals surface area contributed by atoms with Gasteiger partial charge in [0, 0.05) is 34.5 Å². The summed E-state index contributed by atoms with van der Waals surface area (Å²) in [4.78, 5) is 15.5. The molecular weight excluding hydrogens is 436 g/mol. The molecule has 0 unspecified atom stereocenters. The second-order valence-electron chi connectivity index (χ2n) is 8.30. The summed E-state index contributed by atoms with van der Waals surface area (Å²) in [7, 11) is -0.208. The normalized spacial score (nSPS) is 14.0. The van der Waals surface area contributed by atoms with E-state index in [4.69, 9.17) is 0 Å². The van der Waals surface area contributed by atoms with Crippen LogP contribution in [0.4, 0.5) is 29.1 Å². The molecule has 0 atom stereocenters. The quantitative estimate of drug-likeness (QED) is 0.585. The Hall–Kier alpha value is -3.55. The van der Waals surface area contributed by atoms with Crippen molar-refractivity contribution in [3.63, 3.8) is 0 Å². The first kappa shape index (κ1) is 22.6. The maximum atomic E-state index is 12.0. The summed E-state index contributed by atoms with van der Waals surface area (Å²) in [6.07, 6.45) is 6.79. The average Bonchev–Trinajstić information content (AvgIpc) is 2.93. The van der Waals surface area contributed by atoms with Crippen LogP contribution in [-0.4, -0.2) is 50.2 Å². The Balaban J connectivity index is 1.59. The number of fused-ring (bicyclic) bond motifs is 1. The van der Waals surface area contributed by atoms with Crippen molar-refractivity contribution in [3.05, 3.63) is 59.3 Å². The fourth-order valence-electron chi connectivity index (χ4n) is 3.64. The molecule has 2 aromatic heterocycles. The SMILES string of the molecule is CN1CCCc2ccc(Nc3ncc(C#N)c(Nc4cccc(N=S(C)(C)=O)n4)n3)cc2C1. The van der Waals surface area contributed by atoms with Gasteiger partial charge in [0.2, 0.25) is 5.95 Å². The minimum absolute atomic E-state index is 0.281. The van der Waals surface area contributed by atoms with E-state index in [1.807, 2.05) is 6.07 Å². The van der Waals surface area contributed by atoms with Gasteiger partial charge in [-0.15, -0.1) is 0 Å². The molecule has 0 radical (unpaired) electrons. The Morgan fingerprint density at radius 3 is 2.79 bits per heavy atom. The second kappa shape index (κ2) is 9.52. The van der Waals surface area contributed by atoms with Gasteiger partial charge in [0.1, 0.15) is 17.5 Å². The molecule has 0 bridgehead atoms. The topological polar surface area (TPSA) is 119 Å². The molecule has 9 nitrogen and oxygen atoms in total. The summed E-state index contributed by atoms with van der Waals surface area (Å²) in [5, 5.41) is 15.8. The molecule has 3 heterocycles. The molecule has 2 N–H and O–H groups in total. The molecule has 0 fully saturated rings. The number of nitrogens with zero attached hydrogens (tertiary/aromatic N) is 6. The van der Waals surface area contributed by atoms with E-state index in [9.17, 15) is 9.47 Å². The van der Waals surface area contributed by atoms with Gasteiger partial charge in [0.15, 0.2) is 11.6 Å². The van der Waals surface area contributed by atoms with E-state index in [1.54, 1.807) is 30.7 Å². The van der Waals surface area contributed by atoms with Crippen LogP contribution < -0.4 is 10.6 Å². The van der Waals surface area contributed by atoms with E-state index >= 15 is 0 Å². The van der Waals surface area contributed by atoms with Crippen LogP contribution in [-0.2, 0) is 22.7 Å². The van der Waals surface area contributed by atoms with Crippen molar-refractivity contribution < 1.29 is 4.21 Å². The first-order chi connectivity index (χ1) is 15.8. The van der Waals surface area contributed by atoms with Gasteiger partial charge in [-0.3, -0.25) is 0 Å². The van der Waals surface area contributed by atoms with Crippen LogP contribution >= 0.6 is 0 Å². The van der Waals surface area contributed by atoms with Crippen LogP contribution in [0, 0.1) is 11.3 Å². The first-order valence-electron chi connectivity index (χ1n) is 10.5. The van der Waals surface area contributed by atoms with Gasteiger partial charge < -0.3 is 15.5 Å². The van der Waals surface area contributed by atoms with Crippen molar-refractivity contribution in [2.75, 3.05) is 36.7 Å². The third kappa shape index (κ3) is 6.03. The van der Waals surface area contributed by atoms with Crippen molar-refractivity contribution in [1.82, 2.24) is 19.9 Å². The van der Waals surface area contributed by atoms with Crippen LogP contribution in [0.15, 0.2) is 47.0 Å².